The van der Waals surface area contributed by atoms with Crippen LogP contribution in [0.3, 0.4) is 0 Å². The van der Waals surface area contributed by atoms with Crippen molar-refractivity contribution in [1.82, 2.24) is 9.46 Å². The van der Waals surface area contributed by atoms with Crippen molar-refractivity contribution in [1.29, 1.82) is 0 Å². The number of hydrogen-bond donors (Lipinski definition) is 0. The lowest BCUT2D eigenvalue weighted by Crippen LogP contribution is -2.42. The van der Waals surface area contributed by atoms with Gasteiger partial charge in [-0.3, -0.25) is 0 Å². The van der Waals surface area contributed by atoms with E-state index in [1.165, 1.54) is 0 Å². The van der Waals surface area contributed by atoms with Crippen LogP contribution in [0.25, 0.3) is 0 Å². The van der Waals surface area contributed by atoms with Crippen molar-refractivity contribution in [3.63, 3.8) is 0 Å². The Morgan fingerprint density at radius 2 is 1.78 bits per heavy atom. The monoisotopic (exact) mass is 272 g/mol. The van der Waals surface area contributed by atoms with E-state index in [-0.39, 0.29) is 4.90 Å². The number of rotatable bonds is 2. The third-order valence-electron chi connectivity index (χ3n) is 3.40. The zero-order chi connectivity index (χ0) is 13.5. The maximum atomic E-state index is 12.6. The van der Waals surface area contributed by atoms with Gasteiger partial charge in [-0.05, 0) is 32.1 Å². The second kappa shape index (κ2) is 4.66. The van der Waals surface area contributed by atoms with Crippen LogP contribution in [0, 0.1) is 25.7 Å². The van der Waals surface area contributed by atoms with Gasteiger partial charge in [-0.15, -0.1) is 0 Å². The number of aromatic nitrogens is 1. The third-order valence-corrected chi connectivity index (χ3v) is 5.48. The van der Waals surface area contributed by atoms with Crippen LogP contribution >= 0.6 is 0 Å². The first-order valence-corrected chi connectivity index (χ1v) is 7.69. The molecule has 1 fully saturated rings. The van der Waals surface area contributed by atoms with Crippen LogP contribution in [-0.2, 0) is 10.0 Å². The van der Waals surface area contributed by atoms with E-state index in [0.717, 1.165) is 6.42 Å². The molecule has 1 aromatic rings. The lowest BCUT2D eigenvalue weighted by atomic mass is 9.94. The normalized spacial score (nSPS) is 26.4. The van der Waals surface area contributed by atoms with Gasteiger partial charge in [0.1, 0.15) is 10.6 Å². The molecule has 0 bridgehead atoms. The van der Waals surface area contributed by atoms with Crippen LogP contribution in [0.2, 0.25) is 0 Å². The molecule has 0 spiro atoms. The van der Waals surface area contributed by atoms with Gasteiger partial charge in [-0.2, -0.15) is 4.31 Å². The molecular weight excluding hydrogens is 252 g/mol. The molecule has 6 heteroatoms. The highest BCUT2D eigenvalue weighted by molar-refractivity contribution is 7.89. The Morgan fingerprint density at radius 1 is 1.22 bits per heavy atom. The van der Waals surface area contributed by atoms with Gasteiger partial charge in [0, 0.05) is 13.1 Å². The highest BCUT2D eigenvalue weighted by atomic mass is 32.2. The van der Waals surface area contributed by atoms with Crippen molar-refractivity contribution >= 4 is 10.0 Å². The van der Waals surface area contributed by atoms with E-state index in [2.05, 4.69) is 19.0 Å². The summed E-state index contributed by atoms with van der Waals surface area (Å²) in [5, 5.41) is 3.73. The van der Waals surface area contributed by atoms with Gasteiger partial charge >= 0.3 is 0 Å². The molecule has 2 heterocycles. The molecule has 0 radical (unpaired) electrons. The smallest absolute Gasteiger partial charge is 0.248 e. The molecule has 0 aliphatic carbocycles. The maximum absolute atomic E-state index is 12.6. The molecule has 0 aromatic carbocycles. The van der Waals surface area contributed by atoms with Gasteiger partial charge in [0.15, 0.2) is 5.76 Å². The SMILES string of the molecule is Cc1noc(C)c1S(=O)(=O)N1CC(C)CC(C)C1. The first-order valence-electron chi connectivity index (χ1n) is 6.25. The summed E-state index contributed by atoms with van der Waals surface area (Å²) >= 11 is 0. The van der Waals surface area contributed by atoms with Crippen molar-refractivity contribution in [3.05, 3.63) is 11.5 Å². The molecule has 1 aromatic heterocycles. The summed E-state index contributed by atoms with van der Waals surface area (Å²) in [5.74, 6) is 1.16. The van der Waals surface area contributed by atoms with Crippen molar-refractivity contribution in [2.75, 3.05) is 13.1 Å². The highest BCUT2D eigenvalue weighted by Crippen LogP contribution is 2.29. The molecule has 5 nitrogen and oxygen atoms in total. The van der Waals surface area contributed by atoms with Crippen LogP contribution < -0.4 is 0 Å². The molecule has 1 aliphatic rings. The molecule has 1 saturated heterocycles. The molecule has 18 heavy (non-hydrogen) atoms. The van der Waals surface area contributed by atoms with E-state index in [4.69, 9.17) is 4.52 Å². The molecule has 2 atom stereocenters. The van der Waals surface area contributed by atoms with Gasteiger partial charge in [0.05, 0.1) is 0 Å². The lowest BCUT2D eigenvalue weighted by molar-refractivity contribution is 0.222. The molecule has 1 aliphatic heterocycles. The summed E-state index contributed by atoms with van der Waals surface area (Å²) in [7, 11) is -3.47. The molecular formula is C12H20N2O3S. The van der Waals surface area contributed by atoms with Gasteiger partial charge in [-0.1, -0.05) is 19.0 Å². The summed E-state index contributed by atoms with van der Waals surface area (Å²) < 4.78 is 31.8. The minimum atomic E-state index is -3.47. The van der Waals surface area contributed by atoms with E-state index in [9.17, 15) is 8.42 Å². The molecule has 2 unspecified atom stereocenters. The van der Waals surface area contributed by atoms with Crippen molar-refractivity contribution in [2.24, 2.45) is 11.8 Å². The van der Waals surface area contributed by atoms with Gasteiger partial charge in [0.2, 0.25) is 10.0 Å². The Morgan fingerprint density at radius 3 is 2.22 bits per heavy atom. The van der Waals surface area contributed by atoms with E-state index in [0.29, 0.717) is 36.4 Å². The Kier molecular flexibility index (Phi) is 3.51. The zero-order valence-corrected chi connectivity index (χ0v) is 12.1. The number of nitrogens with zero attached hydrogens (tertiary/aromatic N) is 2. The average Bonchev–Trinajstić information content (AvgIpc) is 2.57. The zero-order valence-electron chi connectivity index (χ0n) is 11.3. The van der Waals surface area contributed by atoms with Gasteiger partial charge < -0.3 is 4.52 Å². The predicted molar refractivity (Wildman–Crippen MR) is 67.7 cm³/mol. The standard InChI is InChI=1S/C12H20N2O3S/c1-8-5-9(2)7-14(6-8)18(15,16)12-10(3)13-17-11(12)4/h8-9H,5-7H2,1-4H3. The Bertz CT molecular complexity index is 506. The van der Waals surface area contributed by atoms with Crippen LogP contribution in [0.4, 0.5) is 0 Å². The van der Waals surface area contributed by atoms with E-state index in [1.54, 1.807) is 18.2 Å². The number of hydrogen-bond acceptors (Lipinski definition) is 4. The van der Waals surface area contributed by atoms with Crippen molar-refractivity contribution in [3.8, 4) is 0 Å². The second-order valence-corrected chi connectivity index (χ2v) is 7.30. The summed E-state index contributed by atoms with van der Waals surface area (Å²) in [6.45, 7) is 8.65. The average molecular weight is 272 g/mol. The van der Waals surface area contributed by atoms with Gasteiger partial charge in [0.25, 0.3) is 0 Å². The topological polar surface area (TPSA) is 63.4 Å². The Labute approximate surface area is 108 Å². The first-order chi connectivity index (χ1) is 8.32. The van der Waals surface area contributed by atoms with E-state index < -0.39 is 10.0 Å². The summed E-state index contributed by atoms with van der Waals surface area (Å²) in [5.41, 5.74) is 0.443. The molecule has 0 amide bonds. The fourth-order valence-electron chi connectivity index (χ4n) is 2.77. The van der Waals surface area contributed by atoms with E-state index >= 15 is 0 Å². The fourth-order valence-corrected chi connectivity index (χ4v) is 4.74. The van der Waals surface area contributed by atoms with Gasteiger partial charge in [-0.25, -0.2) is 8.42 Å². The highest BCUT2D eigenvalue weighted by Gasteiger charge is 2.35. The first kappa shape index (κ1) is 13.5. The van der Waals surface area contributed by atoms with Crippen molar-refractivity contribution in [2.45, 2.75) is 39.0 Å². The fraction of sp³-hybridized carbons (Fsp3) is 0.750. The number of sulfonamides is 1. The Balaban J connectivity index is 2.37. The predicted octanol–water partition coefficient (Wildman–Crippen LogP) is 1.96. The minimum Gasteiger partial charge on any atom is -0.360 e. The largest absolute Gasteiger partial charge is 0.360 e. The summed E-state index contributed by atoms with van der Waals surface area (Å²) in [4.78, 5) is 0.240. The maximum Gasteiger partial charge on any atom is 0.248 e. The molecule has 0 N–H and O–H groups in total. The number of aryl methyl sites for hydroxylation is 2. The summed E-state index contributed by atoms with van der Waals surface area (Å²) in [6.07, 6.45) is 1.08. The quantitative estimate of drug-likeness (QED) is 0.825. The van der Waals surface area contributed by atoms with Crippen molar-refractivity contribution < 1.29 is 12.9 Å². The Hall–Kier alpha value is -0.880. The number of piperidine rings is 1. The summed E-state index contributed by atoms with van der Waals surface area (Å²) in [6, 6.07) is 0. The van der Waals surface area contributed by atoms with Crippen LogP contribution in [-0.4, -0.2) is 31.0 Å². The van der Waals surface area contributed by atoms with E-state index in [1.807, 2.05) is 0 Å². The second-order valence-electron chi connectivity index (χ2n) is 5.42. The van der Waals surface area contributed by atoms with Crippen LogP contribution in [0.5, 0.6) is 0 Å². The van der Waals surface area contributed by atoms with Crippen LogP contribution in [0.15, 0.2) is 9.42 Å². The molecule has 2 rings (SSSR count). The minimum absolute atomic E-state index is 0.240. The molecule has 102 valence electrons. The third kappa shape index (κ3) is 2.31. The lowest BCUT2D eigenvalue weighted by Gasteiger charge is -2.33. The van der Waals surface area contributed by atoms with Crippen LogP contribution in [0.1, 0.15) is 31.7 Å². The molecule has 0 saturated carbocycles.